The number of hydrogen-bond acceptors (Lipinski definition) is 3. The Morgan fingerprint density at radius 3 is 2.65 bits per heavy atom. The van der Waals surface area contributed by atoms with Gasteiger partial charge < -0.3 is 9.84 Å². The Labute approximate surface area is 101 Å². The molecule has 0 aromatic carbocycles. The van der Waals surface area contributed by atoms with Gasteiger partial charge in [0.05, 0.1) is 12.3 Å². The number of aromatic nitrogens is 1. The van der Waals surface area contributed by atoms with Gasteiger partial charge in [0.1, 0.15) is 5.56 Å². The molecule has 0 spiro atoms. The maximum Gasteiger partial charge on any atom is 0.339 e. The summed E-state index contributed by atoms with van der Waals surface area (Å²) in [6.07, 6.45) is 9.94. The highest BCUT2D eigenvalue weighted by atomic mass is 16.5. The molecule has 1 aliphatic carbocycles. The van der Waals surface area contributed by atoms with Crippen LogP contribution in [0.5, 0.6) is 5.75 Å². The molecule has 0 bridgehead atoms. The van der Waals surface area contributed by atoms with Crippen molar-refractivity contribution >= 4 is 5.97 Å². The van der Waals surface area contributed by atoms with E-state index in [1.807, 2.05) is 0 Å². The Balaban J connectivity index is 2.09. The van der Waals surface area contributed by atoms with Crippen LogP contribution in [0.15, 0.2) is 18.5 Å². The number of nitrogens with zero attached hydrogens (tertiary/aromatic N) is 1. The first kappa shape index (κ1) is 11.9. The molecule has 1 heterocycles. The summed E-state index contributed by atoms with van der Waals surface area (Å²) in [6, 6.07) is 1.48. The summed E-state index contributed by atoms with van der Waals surface area (Å²) in [6.45, 7) is 0. The highest BCUT2D eigenvalue weighted by Gasteiger charge is 2.17. The van der Waals surface area contributed by atoms with E-state index in [1.165, 1.54) is 31.3 Å². The molecule has 4 nitrogen and oxygen atoms in total. The van der Waals surface area contributed by atoms with E-state index in [4.69, 9.17) is 9.84 Å². The molecule has 1 aliphatic rings. The van der Waals surface area contributed by atoms with Crippen LogP contribution >= 0.6 is 0 Å². The Morgan fingerprint density at radius 1 is 1.29 bits per heavy atom. The largest absolute Gasteiger partial charge is 0.488 e. The third kappa shape index (κ3) is 3.19. The molecule has 0 amide bonds. The first-order valence-corrected chi connectivity index (χ1v) is 6.11. The van der Waals surface area contributed by atoms with E-state index in [1.54, 1.807) is 0 Å². The van der Waals surface area contributed by atoms with E-state index in [2.05, 4.69) is 4.98 Å². The van der Waals surface area contributed by atoms with Gasteiger partial charge in [0.25, 0.3) is 0 Å². The molecular formula is C13H17NO3. The molecule has 0 radical (unpaired) electrons. The Kier molecular flexibility index (Phi) is 3.96. The SMILES string of the molecule is O=C(O)c1ccncc1OC1CCCCCC1. The topological polar surface area (TPSA) is 59.4 Å². The predicted molar refractivity (Wildman–Crippen MR) is 63.3 cm³/mol. The number of carboxylic acid groups (broad SMARTS) is 1. The third-order valence-corrected chi connectivity index (χ3v) is 3.11. The first-order valence-electron chi connectivity index (χ1n) is 6.11. The van der Waals surface area contributed by atoms with Crippen LogP contribution in [0.4, 0.5) is 0 Å². The Bertz CT molecular complexity index is 384. The minimum absolute atomic E-state index is 0.139. The fourth-order valence-corrected chi connectivity index (χ4v) is 2.19. The van der Waals surface area contributed by atoms with E-state index in [-0.39, 0.29) is 11.7 Å². The van der Waals surface area contributed by atoms with Crippen LogP contribution in [0.3, 0.4) is 0 Å². The van der Waals surface area contributed by atoms with Crippen molar-refractivity contribution in [1.29, 1.82) is 0 Å². The van der Waals surface area contributed by atoms with Crippen LogP contribution in [-0.4, -0.2) is 22.2 Å². The lowest BCUT2D eigenvalue weighted by atomic mass is 10.1. The van der Waals surface area contributed by atoms with Crippen LogP contribution < -0.4 is 4.74 Å². The second-order valence-electron chi connectivity index (χ2n) is 4.41. The maximum atomic E-state index is 11.0. The van der Waals surface area contributed by atoms with Crippen LogP contribution in [0.25, 0.3) is 0 Å². The molecule has 4 heteroatoms. The molecular weight excluding hydrogens is 218 g/mol. The summed E-state index contributed by atoms with van der Waals surface area (Å²) in [7, 11) is 0. The smallest absolute Gasteiger partial charge is 0.339 e. The Morgan fingerprint density at radius 2 is 2.00 bits per heavy atom. The van der Waals surface area contributed by atoms with Gasteiger partial charge in [-0.25, -0.2) is 4.79 Å². The number of carboxylic acids is 1. The van der Waals surface area contributed by atoms with Gasteiger partial charge >= 0.3 is 5.97 Å². The number of carbonyl (C=O) groups is 1. The fourth-order valence-electron chi connectivity index (χ4n) is 2.19. The summed E-state index contributed by atoms with van der Waals surface area (Å²) in [5, 5.41) is 9.04. The fraction of sp³-hybridized carbons (Fsp3) is 0.538. The molecule has 2 rings (SSSR count). The standard InChI is InChI=1S/C13H17NO3/c15-13(16)11-7-8-14-9-12(11)17-10-5-3-1-2-4-6-10/h7-10H,1-6H2,(H,15,16). The normalized spacial score (nSPS) is 17.4. The minimum Gasteiger partial charge on any atom is -0.488 e. The summed E-state index contributed by atoms with van der Waals surface area (Å²) in [4.78, 5) is 15.0. The van der Waals surface area contributed by atoms with Crippen molar-refractivity contribution in [3.8, 4) is 5.75 Å². The predicted octanol–water partition coefficient (Wildman–Crippen LogP) is 2.88. The molecule has 92 valence electrons. The highest BCUT2D eigenvalue weighted by molar-refractivity contribution is 5.90. The summed E-state index contributed by atoms with van der Waals surface area (Å²) in [5.74, 6) is -0.567. The summed E-state index contributed by atoms with van der Waals surface area (Å²) < 4.78 is 5.78. The van der Waals surface area contributed by atoms with Crippen molar-refractivity contribution in [2.24, 2.45) is 0 Å². The Hall–Kier alpha value is -1.58. The molecule has 0 aliphatic heterocycles. The van der Waals surface area contributed by atoms with Crippen LogP contribution in [0, 0.1) is 0 Å². The summed E-state index contributed by atoms with van der Waals surface area (Å²) >= 11 is 0. The molecule has 1 fully saturated rings. The number of hydrogen-bond donors (Lipinski definition) is 1. The van der Waals surface area contributed by atoms with E-state index >= 15 is 0 Å². The molecule has 17 heavy (non-hydrogen) atoms. The van der Waals surface area contributed by atoms with Gasteiger partial charge in [-0.3, -0.25) is 4.98 Å². The molecule has 1 saturated carbocycles. The third-order valence-electron chi connectivity index (χ3n) is 3.11. The van der Waals surface area contributed by atoms with Gasteiger partial charge in [-0.2, -0.15) is 0 Å². The molecule has 0 saturated heterocycles. The highest BCUT2D eigenvalue weighted by Crippen LogP contribution is 2.24. The van der Waals surface area contributed by atoms with Crippen molar-refractivity contribution < 1.29 is 14.6 Å². The van der Waals surface area contributed by atoms with Crippen LogP contribution in [0.1, 0.15) is 48.9 Å². The lowest BCUT2D eigenvalue weighted by Crippen LogP contribution is -2.17. The van der Waals surface area contributed by atoms with Gasteiger partial charge in [-0.1, -0.05) is 12.8 Å². The lowest BCUT2D eigenvalue weighted by molar-refractivity contribution is 0.0687. The van der Waals surface area contributed by atoms with Crippen molar-refractivity contribution in [1.82, 2.24) is 4.98 Å². The first-order chi connectivity index (χ1) is 8.27. The van der Waals surface area contributed by atoms with Crippen molar-refractivity contribution in [3.05, 3.63) is 24.0 Å². The average molecular weight is 235 g/mol. The van der Waals surface area contributed by atoms with E-state index in [0.717, 1.165) is 25.7 Å². The second kappa shape index (κ2) is 5.66. The minimum atomic E-state index is -0.962. The number of pyridine rings is 1. The lowest BCUT2D eigenvalue weighted by Gasteiger charge is -2.17. The molecule has 0 atom stereocenters. The molecule has 1 aromatic rings. The van der Waals surface area contributed by atoms with Gasteiger partial charge in [0.15, 0.2) is 5.75 Å². The van der Waals surface area contributed by atoms with Crippen molar-refractivity contribution in [3.63, 3.8) is 0 Å². The van der Waals surface area contributed by atoms with Gasteiger partial charge in [-0.05, 0) is 31.7 Å². The van der Waals surface area contributed by atoms with Crippen molar-refractivity contribution in [2.75, 3.05) is 0 Å². The van der Waals surface area contributed by atoms with E-state index in [0.29, 0.717) is 5.75 Å². The van der Waals surface area contributed by atoms with E-state index in [9.17, 15) is 4.79 Å². The van der Waals surface area contributed by atoms with Crippen molar-refractivity contribution in [2.45, 2.75) is 44.6 Å². The number of rotatable bonds is 3. The van der Waals surface area contributed by atoms with E-state index < -0.39 is 5.97 Å². The van der Waals surface area contributed by atoms with Gasteiger partial charge in [-0.15, -0.1) is 0 Å². The zero-order valence-electron chi connectivity index (χ0n) is 9.76. The van der Waals surface area contributed by atoms with Gasteiger partial charge in [0.2, 0.25) is 0 Å². The van der Waals surface area contributed by atoms with Gasteiger partial charge in [0, 0.05) is 6.20 Å². The molecule has 1 aromatic heterocycles. The second-order valence-corrected chi connectivity index (χ2v) is 4.41. The quantitative estimate of drug-likeness (QED) is 0.818. The average Bonchev–Trinajstić information content (AvgIpc) is 2.58. The maximum absolute atomic E-state index is 11.0. The number of ether oxygens (including phenoxy) is 1. The van der Waals surface area contributed by atoms with Crippen LogP contribution in [0.2, 0.25) is 0 Å². The number of aromatic carboxylic acids is 1. The molecule has 1 N–H and O–H groups in total. The molecule has 0 unspecified atom stereocenters. The zero-order valence-corrected chi connectivity index (χ0v) is 9.76. The zero-order chi connectivity index (χ0) is 12.1. The van der Waals surface area contributed by atoms with Crippen LogP contribution in [-0.2, 0) is 0 Å². The monoisotopic (exact) mass is 235 g/mol. The summed E-state index contributed by atoms with van der Waals surface area (Å²) in [5.41, 5.74) is 0.198.